The molecule has 0 radical (unpaired) electrons. The highest BCUT2D eigenvalue weighted by Crippen LogP contribution is 2.26. The minimum Gasteiger partial charge on any atom is -0.377 e. The van der Waals surface area contributed by atoms with E-state index in [9.17, 15) is 14.9 Å². The number of amides is 1. The zero-order valence-electron chi connectivity index (χ0n) is 12.0. The Morgan fingerprint density at radius 3 is 2.60 bits per heavy atom. The van der Waals surface area contributed by atoms with Crippen LogP contribution in [0.25, 0.3) is 0 Å². The van der Waals surface area contributed by atoms with Crippen LogP contribution in [0.2, 0.25) is 0 Å². The minimum absolute atomic E-state index is 0.141. The van der Waals surface area contributed by atoms with Gasteiger partial charge in [0.05, 0.1) is 10.5 Å². The molecule has 0 aromatic heterocycles. The maximum Gasteiger partial charge on any atom is 0.293 e. The lowest BCUT2D eigenvalue weighted by atomic mass is 10.1. The summed E-state index contributed by atoms with van der Waals surface area (Å²) in [4.78, 5) is 22.1. The SMILES string of the molecule is CNC(=O)c1ccc(NCC(C)(C)OC)c([N+](=O)[O-])c1. The molecule has 0 fully saturated rings. The molecule has 1 aromatic carbocycles. The molecular formula is C13H19N3O4. The summed E-state index contributed by atoms with van der Waals surface area (Å²) in [6.45, 7) is 4.14. The fourth-order valence-electron chi connectivity index (χ4n) is 1.50. The van der Waals surface area contributed by atoms with Gasteiger partial charge in [0.25, 0.3) is 11.6 Å². The van der Waals surface area contributed by atoms with Gasteiger partial charge in [0.2, 0.25) is 0 Å². The summed E-state index contributed by atoms with van der Waals surface area (Å²) >= 11 is 0. The molecule has 0 spiro atoms. The van der Waals surface area contributed by atoms with Gasteiger partial charge in [-0.1, -0.05) is 0 Å². The van der Waals surface area contributed by atoms with Crippen LogP contribution in [0.15, 0.2) is 18.2 Å². The fourth-order valence-corrected chi connectivity index (χ4v) is 1.50. The number of methoxy groups -OCH3 is 1. The molecule has 0 unspecified atom stereocenters. The molecular weight excluding hydrogens is 262 g/mol. The van der Waals surface area contributed by atoms with Crippen LogP contribution in [-0.4, -0.2) is 37.1 Å². The first kappa shape index (κ1) is 15.9. The number of nitro benzene ring substituents is 1. The van der Waals surface area contributed by atoms with E-state index in [1.54, 1.807) is 7.11 Å². The van der Waals surface area contributed by atoms with Gasteiger partial charge < -0.3 is 15.4 Å². The first-order valence-corrected chi connectivity index (χ1v) is 6.10. The largest absolute Gasteiger partial charge is 0.377 e. The van der Waals surface area contributed by atoms with Crippen LogP contribution in [-0.2, 0) is 4.74 Å². The van der Waals surface area contributed by atoms with E-state index in [4.69, 9.17) is 4.74 Å². The van der Waals surface area contributed by atoms with Crippen LogP contribution in [0.1, 0.15) is 24.2 Å². The molecule has 0 aliphatic heterocycles. The molecule has 7 heteroatoms. The van der Waals surface area contributed by atoms with Gasteiger partial charge in [0.15, 0.2) is 0 Å². The third-order valence-corrected chi connectivity index (χ3v) is 2.94. The summed E-state index contributed by atoms with van der Waals surface area (Å²) in [6.07, 6.45) is 0. The van der Waals surface area contributed by atoms with Crippen LogP contribution in [0, 0.1) is 10.1 Å². The molecule has 0 saturated heterocycles. The number of ether oxygens (including phenoxy) is 1. The van der Waals surface area contributed by atoms with Gasteiger partial charge in [-0.25, -0.2) is 0 Å². The second-order valence-electron chi connectivity index (χ2n) is 4.89. The highest BCUT2D eigenvalue weighted by Gasteiger charge is 2.21. The van der Waals surface area contributed by atoms with Crippen molar-refractivity contribution >= 4 is 17.3 Å². The summed E-state index contributed by atoms with van der Waals surface area (Å²) in [5, 5.41) is 16.5. The predicted octanol–water partition coefficient (Wildman–Crippen LogP) is 1.79. The van der Waals surface area contributed by atoms with Gasteiger partial charge in [-0.15, -0.1) is 0 Å². The van der Waals surface area contributed by atoms with Crippen molar-refractivity contribution in [3.05, 3.63) is 33.9 Å². The second-order valence-corrected chi connectivity index (χ2v) is 4.89. The molecule has 0 aliphatic carbocycles. The Morgan fingerprint density at radius 1 is 1.45 bits per heavy atom. The van der Waals surface area contributed by atoms with Crippen molar-refractivity contribution in [1.29, 1.82) is 0 Å². The van der Waals surface area contributed by atoms with E-state index in [1.807, 2.05) is 13.8 Å². The molecule has 0 saturated carbocycles. The molecule has 7 nitrogen and oxygen atoms in total. The van der Waals surface area contributed by atoms with Crippen LogP contribution in [0.4, 0.5) is 11.4 Å². The smallest absolute Gasteiger partial charge is 0.293 e. The number of rotatable bonds is 6. The van der Waals surface area contributed by atoms with Crippen molar-refractivity contribution in [2.75, 3.05) is 26.0 Å². The number of nitrogens with one attached hydrogen (secondary N) is 2. The van der Waals surface area contributed by atoms with Crippen molar-refractivity contribution in [2.45, 2.75) is 19.4 Å². The molecule has 0 heterocycles. The summed E-state index contributed by atoms with van der Waals surface area (Å²) < 4.78 is 5.24. The zero-order chi connectivity index (χ0) is 15.3. The van der Waals surface area contributed by atoms with Crippen LogP contribution >= 0.6 is 0 Å². The average molecular weight is 281 g/mol. The van der Waals surface area contributed by atoms with E-state index in [1.165, 1.54) is 25.2 Å². The monoisotopic (exact) mass is 281 g/mol. The first-order chi connectivity index (χ1) is 9.30. The van der Waals surface area contributed by atoms with E-state index in [2.05, 4.69) is 10.6 Å². The highest BCUT2D eigenvalue weighted by atomic mass is 16.6. The zero-order valence-corrected chi connectivity index (χ0v) is 12.0. The summed E-state index contributed by atoms with van der Waals surface area (Å²) in [5.74, 6) is -0.364. The lowest BCUT2D eigenvalue weighted by Crippen LogP contribution is -2.32. The number of nitrogens with zero attached hydrogens (tertiary/aromatic N) is 1. The van der Waals surface area contributed by atoms with Crippen molar-refractivity contribution in [1.82, 2.24) is 5.32 Å². The third-order valence-electron chi connectivity index (χ3n) is 2.94. The Labute approximate surface area is 117 Å². The third kappa shape index (κ3) is 3.92. The molecule has 110 valence electrons. The van der Waals surface area contributed by atoms with E-state index < -0.39 is 10.5 Å². The number of carbonyl (C=O) groups excluding carboxylic acids is 1. The standard InChI is InChI=1S/C13H19N3O4/c1-13(2,20-4)8-15-10-6-5-9(12(17)14-3)7-11(10)16(18)19/h5-7,15H,8H2,1-4H3,(H,14,17). The van der Waals surface area contributed by atoms with Gasteiger partial charge in [-0.3, -0.25) is 14.9 Å². The van der Waals surface area contributed by atoms with E-state index >= 15 is 0 Å². The van der Waals surface area contributed by atoms with Crippen molar-refractivity contribution in [3.8, 4) is 0 Å². The Bertz CT molecular complexity index is 514. The van der Waals surface area contributed by atoms with Crippen LogP contribution in [0.5, 0.6) is 0 Å². The number of benzene rings is 1. The normalized spacial score (nSPS) is 11.0. The van der Waals surface area contributed by atoms with E-state index in [0.29, 0.717) is 12.2 Å². The molecule has 1 rings (SSSR count). The Kier molecular flexibility index (Phi) is 5.04. The molecule has 2 N–H and O–H groups in total. The van der Waals surface area contributed by atoms with Gasteiger partial charge >= 0.3 is 0 Å². The van der Waals surface area contributed by atoms with Crippen molar-refractivity contribution < 1.29 is 14.5 Å². The number of anilines is 1. The lowest BCUT2D eigenvalue weighted by Gasteiger charge is -2.23. The second kappa shape index (κ2) is 6.33. The predicted molar refractivity (Wildman–Crippen MR) is 76.1 cm³/mol. The van der Waals surface area contributed by atoms with Crippen LogP contribution < -0.4 is 10.6 Å². The molecule has 0 atom stereocenters. The molecule has 1 aromatic rings. The molecule has 20 heavy (non-hydrogen) atoms. The number of hydrogen-bond acceptors (Lipinski definition) is 5. The molecule has 0 bridgehead atoms. The number of hydrogen-bond donors (Lipinski definition) is 2. The van der Waals surface area contributed by atoms with Gasteiger partial charge in [0.1, 0.15) is 5.69 Å². The van der Waals surface area contributed by atoms with Gasteiger partial charge in [0, 0.05) is 32.3 Å². The Morgan fingerprint density at radius 2 is 2.10 bits per heavy atom. The highest BCUT2D eigenvalue weighted by molar-refractivity contribution is 5.95. The maximum atomic E-state index is 11.5. The summed E-state index contributed by atoms with van der Waals surface area (Å²) in [7, 11) is 3.05. The van der Waals surface area contributed by atoms with Crippen molar-refractivity contribution in [3.63, 3.8) is 0 Å². The van der Waals surface area contributed by atoms with Gasteiger partial charge in [-0.05, 0) is 26.0 Å². The maximum absolute atomic E-state index is 11.5. The quantitative estimate of drug-likeness (QED) is 0.612. The molecule has 1 amide bonds. The van der Waals surface area contributed by atoms with E-state index in [-0.39, 0.29) is 17.2 Å². The van der Waals surface area contributed by atoms with Crippen LogP contribution in [0.3, 0.4) is 0 Å². The topological polar surface area (TPSA) is 93.5 Å². The minimum atomic E-state index is -0.519. The lowest BCUT2D eigenvalue weighted by molar-refractivity contribution is -0.384. The summed E-state index contributed by atoms with van der Waals surface area (Å²) in [6, 6.07) is 4.31. The average Bonchev–Trinajstić information content (AvgIpc) is 2.44. The number of nitro groups is 1. The number of carbonyl (C=O) groups is 1. The van der Waals surface area contributed by atoms with E-state index in [0.717, 1.165) is 0 Å². The van der Waals surface area contributed by atoms with Gasteiger partial charge in [-0.2, -0.15) is 0 Å². The Hall–Kier alpha value is -2.15. The molecule has 0 aliphatic rings. The Balaban J connectivity index is 3.02. The summed E-state index contributed by atoms with van der Waals surface area (Å²) in [5.41, 5.74) is 0.00869. The van der Waals surface area contributed by atoms with Crippen molar-refractivity contribution in [2.24, 2.45) is 0 Å². The first-order valence-electron chi connectivity index (χ1n) is 6.10. The fraction of sp³-hybridized carbons (Fsp3) is 0.462.